The molecule has 0 spiro atoms. The van der Waals surface area contributed by atoms with E-state index in [2.05, 4.69) is 34.7 Å². The maximum absolute atomic E-state index is 12.8. The number of hydrogen-bond donors (Lipinski definition) is 1. The van der Waals surface area contributed by atoms with Gasteiger partial charge in [0.25, 0.3) is 0 Å². The Balaban J connectivity index is 1.94. The monoisotopic (exact) mass is 329 g/mol. The number of nitrogens with zero attached hydrogens (tertiary/aromatic N) is 4. The van der Waals surface area contributed by atoms with Gasteiger partial charge in [0, 0.05) is 28.3 Å². The molecule has 0 fully saturated rings. The van der Waals surface area contributed by atoms with Gasteiger partial charge in [0.05, 0.1) is 0 Å². The van der Waals surface area contributed by atoms with Crippen molar-refractivity contribution >= 4 is 23.3 Å². The van der Waals surface area contributed by atoms with Crippen molar-refractivity contribution in [2.75, 3.05) is 5.32 Å². The second-order valence-corrected chi connectivity index (χ2v) is 7.24. The zero-order chi connectivity index (χ0) is 16.2. The fourth-order valence-corrected chi connectivity index (χ4v) is 3.69. The summed E-state index contributed by atoms with van der Waals surface area (Å²) in [4.78, 5) is 12.8. The van der Waals surface area contributed by atoms with Gasteiger partial charge in [0.1, 0.15) is 6.04 Å². The molecule has 1 aliphatic heterocycles. The number of carbonyl (C=O) groups is 1. The molecule has 2 aromatic rings. The smallest absolute Gasteiger partial charge is 0.248 e. The van der Waals surface area contributed by atoms with Gasteiger partial charge in [-0.15, -0.1) is 0 Å². The molecule has 2 heterocycles. The van der Waals surface area contributed by atoms with Gasteiger partial charge in [-0.3, -0.25) is 4.79 Å². The predicted molar refractivity (Wildman–Crippen MR) is 86.1 cm³/mol. The number of nitrogens with one attached hydrogen (secondary N) is 1. The van der Waals surface area contributed by atoms with Crippen LogP contribution in [-0.2, 0) is 4.79 Å². The molecule has 1 atom stereocenters. The Morgan fingerprint density at radius 1 is 1.30 bits per heavy atom. The number of aromatic nitrogens is 4. The molecule has 118 valence electrons. The third kappa shape index (κ3) is 2.25. The first-order valence-electron chi connectivity index (χ1n) is 7.52. The standard InChI is InChI=1S/C16H16ClN5O/c1-16(2)7-11-13(12(23)8-16)14(9-5-3-4-6-10(9)17)22-15(18-11)19-20-21-22/h3-6,14H,7-8H2,1-2H3,(H,18,19,21)/t14-/m1/s1. The van der Waals surface area contributed by atoms with Crippen LogP contribution < -0.4 is 5.32 Å². The van der Waals surface area contributed by atoms with E-state index in [1.54, 1.807) is 4.68 Å². The summed E-state index contributed by atoms with van der Waals surface area (Å²) in [6.07, 6.45) is 1.29. The average molecular weight is 330 g/mol. The van der Waals surface area contributed by atoms with Crippen molar-refractivity contribution in [2.24, 2.45) is 5.41 Å². The molecule has 0 amide bonds. The molecule has 0 bridgehead atoms. The first kappa shape index (κ1) is 14.4. The quantitative estimate of drug-likeness (QED) is 0.870. The molecule has 0 unspecified atom stereocenters. The van der Waals surface area contributed by atoms with E-state index < -0.39 is 0 Å². The fraction of sp³-hybridized carbons (Fsp3) is 0.375. The van der Waals surface area contributed by atoms with Crippen molar-refractivity contribution in [3.63, 3.8) is 0 Å². The lowest BCUT2D eigenvalue weighted by molar-refractivity contribution is -0.118. The summed E-state index contributed by atoms with van der Waals surface area (Å²) in [5, 5.41) is 15.7. The zero-order valence-electron chi connectivity index (χ0n) is 12.9. The Bertz CT molecular complexity index is 839. The topological polar surface area (TPSA) is 72.7 Å². The van der Waals surface area contributed by atoms with Crippen LogP contribution in [0.1, 0.15) is 38.3 Å². The zero-order valence-corrected chi connectivity index (χ0v) is 13.6. The first-order chi connectivity index (χ1) is 11.0. The molecule has 0 saturated carbocycles. The second kappa shape index (κ2) is 4.89. The van der Waals surface area contributed by atoms with Crippen molar-refractivity contribution in [1.29, 1.82) is 0 Å². The van der Waals surface area contributed by atoms with Crippen LogP contribution in [0.25, 0.3) is 0 Å². The minimum Gasteiger partial charge on any atom is -0.326 e. The maximum atomic E-state index is 12.8. The van der Waals surface area contributed by atoms with Crippen LogP contribution in [0.2, 0.25) is 5.02 Å². The number of carbonyl (C=O) groups excluding carboxylic acids is 1. The molecule has 1 aromatic heterocycles. The van der Waals surface area contributed by atoms with Crippen LogP contribution >= 0.6 is 11.6 Å². The number of benzene rings is 1. The summed E-state index contributed by atoms with van der Waals surface area (Å²) in [5.74, 6) is 0.661. The number of fused-ring (bicyclic) bond motifs is 1. The highest BCUT2D eigenvalue weighted by Crippen LogP contribution is 2.45. The Kier molecular flexibility index (Phi) is 3.06. The third-order valence-electron chi connectivity index (χ3n) is 4.39. The van der Waals surface area contributed by atoms with Gasteiger partial charge in [-0.05, 0) is 28.3 Å². The Morgan fingerprint density at radius 3 is 2.87 bits per heavy atom. The molecular formula is C16H16ClN5O. The number of allylic oxidation sites excluding steroid dienone is 2. The van der Waals surface area contributed by atoms with E-state index in [-0.39, 0.29) is 17.2 Å². The van der Waals surface area contributed by atoms with Gasteiger partial charge < -0.3 is 5.32 Å². The molecule has 2 aliphatic rings. The lowest BCUT2D eigenvalue weighted by Crippen LogP contribution is -2.36. The van der Waals surface area contributed by atoms with Crippen molar-refractivity contribution in [1.82, 2.24) is 20.2 Å². The van der Waals surface area contributed by atoms with Crippen LogP contribution in [0.5, 0.6) is 0 Å². The van der Waals surface area contributed by atoms with E-state index in [9.17, 15) is 4.79 Å². The van der Waals surface area contributed by atoms with Crippen LogP contribution in [0.4, 0.5) is 5.95 Å². The molecule has 0 saturated heterocycles. The molecule has 1 aliphatic carbocycles. The fourth-order valence-electron chi connectivity index (χ4n) is 3.45. The number of rotatable bonds is 1. The highest BCUT2D eigenvalue weighted by Gasteiger charge is 2.42. The van der Waals surface area contributed by atoms with Crippen LogP contribution in [0.15, 0.2) is 35.5 Å². The minimum atomic E-state index is -0.381. The molecule has 4 rings (SSSR count). The number of ketones is 1. The number of hydrogen-bond acceptors (Lipinski definition) is 5. The number of halogens is 1. The Hall–Kier alpha value is -2.21. The van der Waals surface area contributed by atoms with Gasteiger partial charge in [-0.2, -0.15) is 4.68 Å². The van der Waals surface area contributed by atoms with Gasteiger partial charge >= 0.3 is 0 Å². The summed E-state index contributed by atoms with van der Waals surface area (Å²) in [7, 11) is 0. The first-order valence-corrected chi connectivity index (χ1v) is 7.90. The van der Waals surface area contributed by atoms with Crippen molar-refractivity contribution in [2.45, 2.75) is 32.7 Å². The van der Waals surface area contributed by atoms with Crippen molar-refractivity contribution in [3.8, 4) is 0 Å². The van der Waals surface area contributed by atoms with Gasteiger partial charge in [-0.25, -0.2) is 0 Å². The highest BCUT2D eigenvalue weighted by molar-refractivity contribution is 6.31. The molecule has 7 heteroatoms. The van der Waals surface area contributed by atoms with E-state index >= 15 is 0 Å². The minimum absolute atomic E-state index is 0.0798. The molecule has 6 nitrogen and oxygen atoms in total. The highest BCUT2D eigenvalue weighted by atomic mass is 35.5. The Labute approximate surface area is 138 Å². The second-order valence-electron chi connectivity index (χ2n) is 6.83. The SMILES string of the molecule is CC1(C)CC(=O)C2=C(C1)Nc1nnnn1[C@@H]2c1ccccc1Cl. The maximum Gasteiger partial charge on any atom is 0.248 e. The van der Waals surface area contributed by atoms with Crippen LogP contribution in [0.3, 0.4) is 0 Å². The molecule has 23 heavy (non-hydrogen) atoms. The van der Waals surface area contributed by atoms with E-state index in [1.165, 1.54) is 0 Å². The van der Waals surface area contributed by atoms with E-state index in [1.807, 2.05) is 24.3 Å². The molecular weight excluding hydrogens is 314 g/mol. The molecule has 0 radical (unpaired) electrons. The predicted octanol–water partition coefficient (Wildman–Crippen LogP) is 2.98. The summed E-state index contributed by atoms with van der Waals surface area (Å²) in [5.41, 5.74) is 2.38. The number of anilines is 1. The molecule has 1 N–H and O–H groups in total. The third-order valence-corrected chi connectivity index (χ3v) is 4.74. The van der Waals surface area contributed by atoms with E-state index in [0.29, 0.717) is 17.4 Å². The lowest BCUT2D eigenvalue weighted by Gasteiger charge is -2.38. The van der Waals surface area contributed by atoms with Crippen LogP contribution in [-0.4, -0.2) is 26.0 Å². The van der Waals surface area contributed by atoms with Gasteiger partial charge in [0.2, 0.25) is 5.95 Å². The summed E-state index contributed by atoms with van der Waals surface area (Å²) in [6.45, 7) is 4.19. The number of Topliss-reactive ketones (excluding diaryl/α,β-unsaturated/α-hetero) is 1. The van der Waals surface area contributed by atoms with Crippen molar-refractivity contribution in [3.05, 3.63) is 46.1 Å². The number of tetrazole rings is 1. The largest absolute Gasteiger partial charge is 0.326 e. The molecule has 1 aromatic carbocycles. The summed E-state index contributed by atoms with van der Waals surface area (Å²) >= 11 is 6.39. The van der Waals surface area contributed by atoms with Crippen LogP contribution in [0, 0.1) is 5.41 Å². The van der Waals surface area contributed by atoms with Gasteiger partial charge in [0.15, 0.2) is 5.78 Å². The summed E-state index contributed by atoms with van der Waals surface area (Å²) in [6, 6.07) is 7.13. The van der Waals surface area contributed by atoms with E-state index in [4.69, 9.17) is 11.6 Å². The van der Waals surface area contributed by atoms with E-state index in [0.717, 1.165) is 23.3 Å². The van der Waals surface area contributed by atoms with Gasteiger partial charge in [-0.1, -0.05) is 48.7 Å². The lowest BCUT2D eigenvalue weighted by atomic mass is 9.73. The normalized spacial score (nSPS) is 22.4. The Morgan fingerprint density at radius 2 is 2.09 bits per heavy atom. The summed E-state index contributed by atoms with van der Waals surface area (Å²) < 4.78 is 1.64. The van der Waals surface area contributed by atoms with Crippen molar-refractivity contribution < 1.29 is 4.79 Å². The average Bonchev–Trinajstić information content (AvgIpc) is 2.92.